The van der Waals surface area contributed by atoms with Crippen molar-refractivity contribution in [3.8, 4) is 0 Å². The van der Waals surface area contributed by atoms with Crippen molar-refractivity contribution in [2.45, 2.75) is 52.4 Å². The zero-order valence-corrected chi connectivity index (χ0v) is 8.31. The van der Waals surface area contributed by atoms with E-state index in [2.05, 4.69) is 19.9 Å². The molecule has 0 rings (SSSR count). The topological polar surface area (TPSA) is 17.1 Å². The van der Waals surface area contributed by atoms with Crippen LogP contribution in [-0.4, -0.2) is 6.29 Å². The van der Waals surface area contributed by atoms with E-state index in [4.69, 9.17) is 0 Å². The van der Waals surface area contributed by atoms with Gasteiger partial charge in [0, 0.05) is 0 Å². The van der Waals surface area contributed by atoms with E-state index in [-0.39, 0.29) is 0 Å². The third-order valence-electron chi connectivity index (χ3n) is 1.93. The van der Waals surface area contributed by atoms with Crippen molar-refractivity contribution in [2.24, 2.45) is 0 Å². The molecule has 0 aliphatic carbocycles. The second-order valence-corrected chi connectivity index (χ2v) is 3.14. The fraction of sp³-hybridized carbons (Fsp3) is 0.727. The standard InChI is InChI=1S/C11H20O/c1-3-5-7-9-11(10-12)8-6-4-2/h9-10H,3-8H2,1-2H3/b11-9+. The lowest BCUT2D eigenvalue weighted by atomic mass is 10.1. The fourth-order valence-corrected chi connectivity index (χ4v) is 1.08. The Kier molecular flexibility index (Phi) is 8.09. The molecule has 0 fully saturated rings. The van der Waals surface area contributed by atoms with Gasteiger partial charge in [0.15, 0.2) is 0 Å². The lowest BCUT2D eigenvalue weighted by molar-refractivity contribution is -0.105. The van der Waals surface area contributed by atoms with Crippen molar-refractivity contribution in [1.29, 1.82) is 0 Å². The largest absolute Gasteiger partial charge is 0.298 e. The number of hydrogen-bond acceptors (Lipinski definition) is 1. The molecular weight excluding hydrogens is 148 g/mol. The molecule has 0 saturated carbocycles. The maximum atomic E-state index is 10.5. The van der Waals surface area contributed by atoms with Gasteiger partial charge in [0.25, 0.3) is 0 Å². The van der Waals surface area contributed by atoms with Gasteiger partial charge in [-0.15, -0.1) is 0 Å². The number of unbranched alkanes of at least 4 members (excludes halogenated alkanes) is 3. The molecule has 0 atom stereocenters. The summed E-state index contributed by atoms with van der Waals surface area (Å²) >= 11 is 0. The summed E-state index contributed by atoms with van der Waals surface area (Å²) in [4.78, 5) is 10.5. The smallest absolute Gasteiger partial charge is 0.145 e. The van der Waals surface area contributed by atoms with Crippen LogP contribution in [0.2, 0.25) is 0 Å². The zero-order valence-electron chi connectivity index (χ0n) is 8.31. The molecule has 0 unspecified atom stereocenters. The summed E-state index contributed by atoms with van der Waals surface area (Å²) in [5, 5.41) is 0. The summed E-state index contributed by atoms with van der Waals surface area (Å²) in [5.41, 5.74) is 0.991. The van der Waals surface area contributed by atoms with Gasteiger partial charge in [-0.05, 0) is 24.8 Å². The highest BCUT2D eigenvalue weighted by Crippen LogP contribution is 2.07. The number of carbonyl (C=O) groups is 1. The van der Waals surface area contributed by atoms with Crippen LogP contribution in [0.15, 0.2) is 11.6 Å². The van der Waals surface area contributed by atoms with Crippen LogP contribution in [0.5, 0.6) is 0 Å². The molecule has 0 heterocycles. The summed E-state index contributed by atoms with van der Waals surface area (Å²) in [7, 11) is 0. The van der Waals surface area contributed by atoms with E-state index < -0.39 is 0 Å². The number of allylic oxidation sites excluding steroid dienone is 2. The Balaban J connectivity index is 3.62. The molecule has 0 aliphatic heterocycles. The molecule has 0 radical (unpaired) electrons. The normalized spacial score (nSPS) is 11.7. The van der Waals surface area contributed by atoms with Crippen LogP contribution in [0.25, 0.3) is 0 Å². The molecule has 0 N–H and O–H groups in total. The Labute approximate surface area is 75.9 Å². The number of hydrogen-bond donors (Lipinski definition) is 0. The molecule has 1 heteroatoms. The van der Waals surface area contributed by atoms with E-state index in [1.807, 2.05) is 0 Å². The van der Waals surface area contributed by atoms with Gasteiger partial charge in [-0.3, -0.25) is 4.79 Å². The van der Waals surface area contributed by atoms with Gasteiger partial charge in [-0.1, -0.05) is 39.2 Å². The number of carbonyl (C=O) groups excluding carboxylic acids is 1. The summed E-state index contributed by atoms with van der Waals surface area (Å²) in [6.07, 6.45) is 9.82. The van der Waals surface area contributed by atoms with Crippen LogP contribution in [0.1, 0.15) is 52.4 Å². The molecule has 0 aromatic rings. The Hall–Kier alpha value is -0.590. The summed E-state index contributed by atoms with van der Waals surface area (Å²) < 4.78 is 0. The molecule has 0 aromatic heterocycles. The molecule has 0 aromatic carbocycles. The van der Waals surface area contributed by atoms with Gasteiger partial charge < -0.3 is 0 Å². The molecule has 1 nitrogen and oxygen atoms in total. The highest BCUT2D eigenvalue weighted by atomic mass is 16.1. The lowest BCUT2D eigenvalue weighted by Crippen LogP contribution is -1.85. The minimum Gasteiger partial charge on any atom is -0.298 e. The van der Waals surface area contributed by atoms with Gasteiger partial charge in [-0.2, -0.15) is 0 Å². The molecule has 0 spiro atoms. The molecule has 0 amide bonds. The van der Waals surface area contributed by atoms with Crippen molar-refractivity contribution in [2.75, 3.05) is 0 Å². The lowest BCUT2D eigenvalue weighted by Gasteiger charge is -1.97. The summed E-state index contributed by atoms with van der Waals surface area (Å²) in [6, 6.07) is 0. The SMILES string of the molecule is CCCC/C=C(/C=O)CCCC. The Morgan fingerprint density at radius 3 is 2.33 bits per heavy atom. The van der Waals surface area contributed by atoms with Crippen molar-refractivity contribution >= 4 is 6.29 Å². The predicted molar refractivity (Wildman–Crippen MR) is 53.2 cm³/mol. The first-order valence-corrected chi connectivity index (χ1v) is 4.99. The Morgan fingerprint density at radius 2 is 1.83 bits per heavy atom. The van der Waals surface area contributed by atoms with Gasteiger partial charge >= 0.3 is 0 Å². The number of aldehydes is 1. The Morgan fingerprint density at radius 1 is 1.17 bits per heavy atom. The van der Waals surface area contributed by atoms with Crippen LogP contribution >= 0.6 is 0 Å². The van der Waals surface area contributed by atoms with E-state index in [1.165, 1.54) is 19.3 Å². The number of rotatable bonds is 7. The second kappa shape index (κ2) is 8.51. The van der Waals surface area contributed by atoms with Gasteiger partial charge in [0.05, 0.1) is 0 Å². The maximum absolute atomic E-state index is 10.5. The van der Waals surface area contributed by atoms with Crippen molar-refractivity contribution < 1.29 is 4.79 Å². The second-order valence-electron chi connectivity index (χ2n) is 3.14. The van der Waals surface area contributed by atoms with Crippen LogP contribution in [0.4, 0.5) is 0 Å². The molecule has 0 bridgehead atoms. The first-order valence-electron chi connectivity index (χ1n) is 4.99. The van der Waals surface area contributed by atoms with Crippen LogP contribution in [0.3, 0.4) is 0 Å². The molecular formula is C11H20O. The molecule has 12 heavy (non-hydrogen) atoms. The minimum atomic E-state index is 0.962. The first-order chi connectivity index (χ1) is 5.85. The average molecular weight is 168 g/mol. The van der Waals surface area contributed by atoms with Crippen molar-refractivity contribution in [3.63, 3.8) is 0 Å². The Bertz CT molecular complexity index is 136. The van der Waals surface area contributed by atoms with E-state index >= 15 is 0 Å². The fourth-order valence-electron chi connectivity index (χ4n) is 1.08. The first kappa shape index (κ1) is 11.4. The highest BCUT2D eigenvalue weighted by molar-refractivity contribution is 5.72. The van der Waals surface area contributed by atoms with Crippen LogP contribution in [0, 0.1) is 0 Å². The van der Waals surface area contributed by atoms with Gasteiger partial charge in [-0.25, -0.2) is 0 Å². The quantitative estimate of drug-likeness (QED) is 0.323. The van der Waals surface area contributed by atoms with Crippen LogP contribution < -0.4 is 0 Å². The van der Waals surface area contributed by atoms with E-state index in [1.54, 1.807) is 0 Å². The molecule has 0 saturated heterocycles. The third-order valence-corrected chi connectivity index (χ3v) is 1.93. The zero-order chi connectivity index (χ0) is 9.23. The van der Waals surface area contributed by atoms with E-state index in [9.17, 15) is 4.79 Å². The van der Waals surface area contributed by atoms with Crippen molar-refractivity contribution in [1.82, 2.24) is 0 Å². The minimum absolute atomic E-state index is 0.962. The highest BCUT2D eigenvalue weighted by Gasteiger charge is 1.93. The van der Waals surface area contributed by atoms with Gasteiger partial charge in [0.2, 0.25) is 0 Å². The molecule has 70 valence electrons. The molecule has 0 aliphatic rings. The third kappa shape index (κ3) is 6.14. The van der Waals surface area contributed by atoms with E-state index in [0.29, 0.717) is 0 Å². The van der Waals surface area contributed by atoms with E-state index in [0.717, 1.165) is 31.1 Å². The average Bonchev–Trinajstić information content (AvgIpc) is 2.11. The maximum Gasteiger partial charge on any atom is 0.145 e. The predicted octanol–water partition coefficient (Wildman–Crippen LogP) is 3.49. The van der Waals surface area contributed by atoms with Crippen molar-refractivity contribution in [3.05, 3.63) is 11.6 Å². The summed E-state index contributed by atoms with van der Waals surface area (Å²) in [6.45, 7) is 4.31. The van der Waals surface area contributed by atoms with Crippen LogP contribution in [-0.2, 0) is 4.79 Å². The van der Waals surface area contributed by atoms with Gasteiger partial charge in [0.1, 0.15) is 6.29 Å². The summed E-state index contributed by atoms with van der Waals surface area (Å²) in [5.74, 6) is 0. The monoisotopic (exact) mass is 168 g/mol.